The van der Waals surface area contributed by atoms with E-state index in [1.165, 1.54) is 0 Å². The van der Waals surface area contributed by atoms with Gasteiger partial charge in [0, 0.05) is 24.0 Å². The average molecular weight is 354 g/mol. The Bertz CT molecular complexity index is 728. The molecule has 1 saturated heterocycles. The maximum atomic E-state index is 12.2. The highest BCUT2D eigenvalue weighted by Crippen LogP contribution is 2.23. The fourth-order valence-electron chi connectivity index (χ4n) is 3.13. The topological polar surface area (TPSA) is 50.8 Å². The lowest BCUT2D eigenvalue weighted by molar-refractivity contribution is -0.115. The van der Waals surface area contributed by atoms with Crippen LogP contribution in [0.1, 0.15) is 19.4 Å². The monoisotopic (exact) mass is 354 g/mol. The highest BCUT2D eigenvalue weighted by Gasteiger charge is 2.23. The van der Waals surface area contributed by atoms with Gasteiger partial charge in [-0.2, -0.15) is 0 Å². The zero-order valence-corrected chi connectivity index (χ0v) is 15.6. The van der Waals surface area contributed by atoms with E-state index in [2.05, 4.69) is 36.2 Å². The molecule has 26 heavy (non-hydrogen) atoms. The van der Waals surface area contributed by atoms with E-state index < -0.39 is 0 Å². The second kappa shape index (κ2) is 8.23. The SMILES string of the molecule is COc1ccc(CC(=O)Nc2ccc(N3CC(C)OCC3C)cc2)cc1. The third kappa shape index (κ3) is 4.55. The predicted molar refractivity (Wildman–Crippen MR) is 104 cm³/mol. The minimum atomic E-state index is -0.0312. The summed E-state index contributed by atoms with van der Waals surface area (Å²) in [6.45, 7) is 5.87. The Kier molecular flexibility index (Phi) is 5.78. The number of hydrogen-bond donors (Lipinski definition) is 1. The molecule has 1 aliphatic heterocycles. The first-order valence-corrected chi connectivity index (χ1v) is 8.96. The molecule has 0 radical (unpaired) electrons. The number of benzene rings is 2. The summed E-state index contributed by atoms with van der Waals surface area (Å²) >= 11 is 0. The van der Waals surface area contributed by atoms with E-state index in [1.807, 2.05) is 36.4 Å². The largest absolute Gasteiger partial charge is 0.497 e. The van der Waals surface area contributed by atoms with Crippen LogP contribution in [-0.2, 0) is 16.0 Å². The summed E-state index contributed by atoms with van der Waals surface area (Å²) in [5, 5.41) is 2.96. The highest BCUT2D eigenvalue weighted by atomic mass is 16.5. The van der Waals surface area contributed by atoms with E-state index in [9.17, 15) is 4.79 Å². The fraction of sp³-hybridized carbons (Fsp3) is 0.381. The average Bonchev–Trinajstić information content (AvgIpc) is 2.65. The molecule has 5 nitrogen and oxygen atoms in total. The van der Waals surface area contributed by atoms with Gasteiger partial charge in [0.15, 0.2) is 0 Å². The standard InChI is InChI=1S/C21H26N2O3/c1-15-14-26-16(2)13-23(15)19-8-6-18(7-9-19)22-21(24)12-17-4-10-20(25-3)11-5-17/h4-11,15-16H,12-14H2,1-3H3,(H,22,24). The molecule has 1 heterocycles. The number of amides is 1. The van der Waals surface area contributed by atoms with Crippen molar-refractivity contribution >= 4 is 17.3 Å². The van der Waals surface area contributed by atoms with Crippen molar-refractivity contribution in [1.82, 2.24) is 0 Å². The molecule has 1 amide bonds. The molecule has 2 aromatic carbocycles. The number of nitrogens with zero attached hydrogens (tertiary/aromatic N) is 1. The molecule has 0 spiro atoms. The number of nitrogens with one attached hydrogen (secondary N) is 1. The third-order valence-electron chi connectivity index (χ3n) is 4.61. The second-order valence-electron chi connectivity index (χ2n) is 6.77. The van der Waals surface area contributed by atoms with Crippen molar-refractivity contribution in [1.29, 1.82) is 0 Å². The number of rotatable bonds is 5. The van der Waals surface area contributed by atoms with Crippen LogP contribution in [0.15, 0.2) is 48.5 Å². The Morgan fingerprint density at radius 2 is 1.85 bits per heavy atom. The van der Waals surface area contributed by atoms with Crippen molar-refractivity contribution in [2.45, 2.75) is 32.4 Å². The molecule has 0 aliphatic carbocycles. The summed E-state index contributed by atoms with van der Waals surface area (Å²) in [7, 11) is 1.63. The van der Waals surface area contributed by atoms with E-state index in [-0.39, 0.29) is 12.0 Å². The number of morpholine rings is 1. The number of methoxy groups -OCH3 is 1. The van der Waals surface area contributed by atoms with Crippen LogP contribution in [0.3, 0.4) is 0 Å². The summed E-state index contributed by atoms with van der Waals surface area (Å²) in [4.78, 5) is 14.6. The van der Waals surface area contributed by atoms with E-state index in [1.54, 1.807) is 7.11 Å². The fourth-order valence-corrected chi connectivity index (χ4v) is 3.13. The van der Waals surface area contributed by atoms with Crippen molar-refractivity contribution in [2.75, 3.05) is 30.5 Å². The summed E-state index contributed by atoms with van der Waals surface area (Å²) < 4.78 is 10.8. The molecule has 0 bridgehead atoms. The Morgan fingerprint density at radius 3 is 2.50 bits per heavy atom. The number of hydrogen-bond acceptors (Lipinski definition) is 4. The second-order valence-corrected chi connectivity index (χ2v) is 6.77. The third-order valence-corrected chi connectivity index (χ3v) is 4.61. The Labute approximate surface area is 154 Å². The van der Waals surface area contributed by atoms with Gasteiger partial charge in [-0.25, -0.2) is 0 Å². The lowest BCUT2D eigenvalue weighted by Crippen LogP contribution is -2.47. The number of ether oxygens (including phenoxy) is 2. The van der Waals surface area contributed by atoms with Crippen molar-refractivity contribution in [3.05, 3.63) is 54.1 Å². The predicted octanol–water partition coefficient (Wildman–Crippen LogP) is 3.49. The van der Waals surface area contributed by atoms with Crippen LogP contribution in [0.4, 0.5) is 11.4 Å². The van der Waals surface area contributed by atoms with Gasteiger partial charge in [0.2, 0.25) is 5.91 Å². The van der Waals surface area contributed by atoms with Gasteiger partial charge in [-0.3, -0.25) is 4.79 Å². The van der Waals surface area contributed by atoms with Gasteiger partial charge >= 0.3 is 0 Å². The van der Waals surface area contributed by atoms with Gasteiger partial charge in [-0.15, -0.1) is 0 Å². The normalized spacial score (nSPS) is 19.9. The first-order valence-electron chi connectivity index (χ1n) is 8.96. The maximum Gasteiger partial charge on any atom is 0.228 e. The lowest BCUT2D eigenvalue weighted by atomic mass is 10.1. The van der Waals surface area contributed by atoms with Gasteiger partial charge < -0.3 is 19.7 Å². The Morgan fingerprint density at radius 1 is 1.15 bits per heavy atom. The molecular weight excluding hydrogens is 328 g/mol. The van der Waals surface area contributed by atoms with E-state index in [0.29, 0.717) is 12.5 Å². The highest BCUT2D eigenvalue weighted by molar-refractivity contribution is 5.92. The van der Waals surface area contributed by atoms with Crippen molar-refractivity contribution in [3.63, 3.8) is 0 Å². The van der Waals surface area contributed by atoms with Crippen LogP contribution in [0.5, 0.6) is 5.75 Å². The number of anilines is 2. The summed E-state index contributed by atoms with van der Waals surface area (Å²) in [5.74, 6) is 0.757. The maximum absolute atomic E-state index is 12.2. The van der Waals surface area contributed by atoms with Crippen LogP contribution >= 0.6 is 0 Å². The van der Waals surface area contributed by atoms with Crippen molar-refractivity contribution < 1.29 is 14.3 Å². The molecule has 1 aliphatic rings. The van der Waals surface area contributed by atoms with Crippen LogP contribution in [0.25, 0.3) is 0 Å². The first kappa shape index (κ1) is 18.3. The van der Waals surface area contributed by atoms with Crippen LogP contribution in [0, 0.1) is 0 Å². The quantitative estimate of drug-likeness (QED) is 0.893. The molecule has 1 fully saturated rings. The number of carbonyl (C=O) groups excluding carboxylic acids is 1. The van der Waals surface area contributed by atoms with E-state index >= 15 is 0 Å². The molecule has 2 aromatic rings. The van der Waals surface area contributed by atoms with E-state index in [0.717, 1.165) is 35.8 Å². The summed E-state index contributed by atoms with van der Waals surface area (Å²) in [6, 6.07) is 15.9. The van der Waals surface area contributed by atoms with Gasteiger partial charge in [0.25, 0.3) is 0 Å². The van der Waals surface area contributed by atoms with Crippen molar-refractivity contribution in [3.8, 4) is 5.75 Å². The van der Waals surface area contributed by atoms with Crippen molar-refractivity contribution in [2.24, 2.45) is 0 Å². The van der Waals surface area contributed by atoms with Gasteiger partial charge in [0.1, 0.15) is 5.75 Å². The number of carbonyl (C=O) groups is 1. The van der Waals surface area contributed by atoms with Gasteiger partial charge in [-0.1, -0.05) is 12.1 Å². The zero-order chi connectivity index (χ0) is 18.5. The van der Waals surface area contributed by atoms with E-state index in [4.69, 9.17) is 9.47 Å². The smallest absolute Gasteiger partial charge is 0.228 e. The minimum absolute atomic E-state index is 0.0312. The Hall–Kier alpha value is -2.53. The molecule has 2 atom stereocenters. The molecule has 138 valence electrons. The van der Waals surface area contributed by atoms with Crippen LogP contribution in [0.2, 0.25) is 0 Å². The van der Waals surface area contributed by atoms with Gasteiger partial charge in [-0.05, 0) is 55.8 Å². The summed E-state index contributed by atoms with van der Waals surface area (Å²) in [6.07, 6.45) is 0.569. The van der Waals surface area contributed by atoms with Crippen LogP contribution < -0.4 is 15.0 Å². The first-order chi connectivity index (χ1) is 12.5. The Balaban J connectivity index is 1.58. The minimum Gasteiger partial charge on any atom is -0.497 e. The molecule has 2 unspecified atom stereocenters. The molecule has 3 rings (SSSR count). The zero-order valence-electron chi connectivity index (χ0n) is 15.6. The summed E-state index contributed by atoms with van der Waals surface area (Å²) in [5.41, 5.74) is 2.91. The molecule has 5 heteroatoms. The van der Waals surface area contributed by atoms with Gasteiger partial charge in [0.05, 0.1) is 26.2 Å². The lowest BCUT2D eigenvalue weighted by Gasteiger charge is -2.38. The molecular formula is C21H26N2O3. The molecule has 1 N–H and O–H groups in total. The molecule has 0 saturated carbocycles. The van der Waals surface area contributed by atoms with Crippen LogP contribution in [-0.4, -0.2) is 38.3 Å². The molecule has 0 aromatic heterocycles.